The van der Waals surface area contributed by atoms with E-state index in [-0.39, 0.29) is 5.91 Å². The van der Waals surface area contributed by atoms with Gasteiger partial charge in [-0.05, 0) is 42.8 Å². The number of benzene rings is 2. The van der Waals surface area contributed by atoms with E-state index in [0.717, 1.165) is 0 Å². The second-order valence-corrected chi connectivity index (χ2v) is 4.76. The van der Waals surface area contributed by atoms with Crippen LogP contribution in [0.4, 0.5) is 5.69 Å². The van der Waals surface area contributed by atoms with E-state index >= 15 is 0 Å². The third kappa shape index (κ3) is 4.00. The molecule has 0 radical (unpaired) electrons. The minimum atomic E-state index is -0.520. The molecule has 0 aliphatic carbocycles. The molecule has 1 atom stereocenters. The number of anilines is 1. The Morgan fingerprint density at radius 1 is 1.15 bits per heavy atom. The molecule has 104 valence electrons. The Labute approximate surface area is 123 Å². The van der Waals surface area contributed by atoms with E-state index in [9.17, 15) is 4.79 Å². The van der Waals surface area contributed by atoms with Crippen LogP contribution in [0, 0.1) is 0 Å². The van der Waals surface area contributed by atoms with Crippen molar-refractivity contribution in [2.24, 2.45) is 0 Å². The lowest BCUT2D eigenvalue weighted by Crippen LogP contribution is -2.32. The number of carbonyl (C=O) groups is 1. The maximum atomic E-state index is 12.2. The quantitative estimate of drug-likeness (QED) is 0.898. The summed E-state index contributed by atoms with van der Waals surface area (Å²) < 4.78 is 5.68. The number of amides is 1. The zero-order valence-electron chi connectivity index (χ0n) is 11.2. The van der Waals surface area contributed by atoms with Gasteiger partial charge in [0.1, 0.15) is 5.75 Å². The number of carbonyl (C=O) groups excluding carboxylic acids is 1. The number of rotatable bonds is 5. The van der Waals surface area contributed by atoms with Gasteiger partial charge in [-0.15, -0.1) is 0 Å². The summed E-state index contributed by atoms with van der Waals surface area (Å²) in [6.07, 6.45) is 0.0713. The molecule has 1 amide bonds. The Morgan fingerprint density at radius 2 is 1.80 bits per heavy atom. The Balaban J connectivity index is 2.00. The van der Waals surface area contributed by atoms with E-state index < -0.39 is 6.10 Å². The van der Waals surface area contributed by atoms with Crippen molar-refractivity contribution >= 4 is 23.2 Å². The summed E-state index contributed by atoms with van der Waals surface area (Å²) in [6, 6.07) is 16.3. The topological polar surface area (TPSA) is 38.3 Å². The van der Waals surface area contributed by atoms with Crippen molar-refractivity contribution in [2.45, 2.75) is 19.4 Å². The molecule has 0 saturated heterocycles. The molecular weight excluding hydrogens is 274 g/mol. The van der Waals surface area contributed by atoms with Crippen molar-refractivity contribution in [3.8, 4) is 5.75 Å². The van der Waals surface area contributed by atoms with Crippen LogP contribution in [0.1, 0.15) is 13.3 Å². The Bertz CT molecular complexity index is 554. The average molecular weight is 290 g/mol. The number of nitrogens with one attached hydrogen (secondary N) is 1. The molecule has 4 heteroatoms. The first-order valence-corrected chi connectivity index (χ1v) is 6.85. The fourth-order valence-electron chi connectivity index (χ4n) is 1.74. The molecule has 0 aromatic heterocycles. The van der Waals surface area contributed by atoms with Crippen LogP contribution >= 0.6 is 11.6 Å². The first-order chi connectivity index (χ1) is 9.69. The van der Waals surface area contributed by atoms with Crippen LogP contribution in [0.25, 0.3) is 0 Å². The van der Waals surface area contributed by atoms with Gasteiger partial charge in [0, 0.05) is 10.7 Å². The van der Waals surface area contributed by atoms with E-state index in [4.69, 9.17) is 16.3 Å². The monoisotopic (exact) mass is 289 g/mol. The molecule has 2 aromatic rings. The van der Waals surface area contributed by atoms with Gasteiger partial charge in [0.15, 0.2) is 6.10 Å². The number of para-hydroxylation sites is 1. The molecule has 1 N–H and O–H groups in total. The molecule has 0 spiro atoms. The van der Waals surface area contributed by atoms with Gasteiger partial charge >= 0.3 is 0 Å². The average Bonchev–Trinajstić information content (AvgIpc) is 2.48. The van der Waals surface area contributed by atoms with E-state index in [1.807, 2.05) is 37.3 Å². The molecule has 0 heterocycles. The minimum Gasteiger partial charge on any atom is -0.481 e. The van der Waals surface area contributed by atoms with E-state index in [0.29, 0.717) is 22.9 Å². The van der Waals surface area contributed by atoms with E-state index in [1.165, 1.54) is 0 Å². The Hall–Kier alpha value is -2.00. The Kier molecular flexibility index (Phi) is 5.02. The van der Waals surface area contributed by atoms with Crippen LogP contribution in [0.3, 0.4) is 0 Å². The SMILES string of the molecule is CC[C@@H](Oc1ccccc1)C(=O)Nc1ccc(Cl)cc1. The van der Waals surface area contributed by atoms with Gasteiger partial charge in [0.2, 0.25) is 0 Å². The van der Waals surface area contributed by atoms with E-state index in [2.05, 4.69) is 5.32 Å². The predicted molar refractivity (Wildman–Crippen MR) is 81.2 cm³/mol. The van der Waals surface area contributed by atoms with Crippen molar-refractivity contribution in [2.75, 3.05) is 5.32 Å². The highest BCUT2D eigenvalue weighted by atomic mass is 35.5. The van der Waals surface area contributed by atoms with Crippen LogP contribution in [0.2, 0.25) is 5.02 Å². The fourth-order valence-corrected chi connectivity index (χ4v) is 1.87. The van der Waals surface area contributed by atoms with Crippen LogP contribution in [-0.2, 0) is 4.79 Å². The largest absolute Gasteiger partial charge is 0.481 e. The third-order valence-corrected chi connectivity index (χ3v) is 3.05. The molecule has 0 fully saturated rings. The highest BCUT2D eigenvalue weighted by Gasteiger charge is 2.18. The first kappa shape index (κ1) is 14.4. The van der Waals surface area contributed by atoms with Crippen LogP contribution < -0.4 is 10.1 Å². The number of ether oxygens (including phenoxy) is 1. The molecule has 0 aliphatic heterocycles. The standard InChI is InChI=1S/C16H16ClNO2/c1-2-15(20-14-6-4-3-5-7-14)16(19)18-13-10-8-12(17)9-11-13/h3-11,15H,2H2,1H3,(H,18,19)/t15-/m1/s1. The van der Waals surface area contributed by atoms with Crippen molar-refractivity contribution in [3.63, 3.8) is 0 Å². The van der Waals surface area contributed by atoms with Crippen molar-refractivity contribution < 1.29 is 9.53 Å². The minimum absolute atomic E-state index is 0.168. The van der Waals surface area contributed by atoms with Gasteiger partial charge in [0.05, 0.1) is 0 Å². The zero-order valence-corrected chi connectivity index (χ0v) is 11.9. The molecule has 0 bridgehead atoms. The summed E-state index contributed by atoms with van der Waals surface area (Å²) in [5, 5.41) is 3.45. The second-order valence-electron chi connectivity index (χ2n) is 4.32. The lowest BCUT2D eigenvalue weighted by molar-refractivity contribution is -0.122. The highest BCUT2D eigenvalue weighted by Crippen LogP contribution is 2.16. The Morgan fingerprint density at radius 3 is 2.40 bits per heavy atom. The third-order valence-electron chi connectivity index (χ3n) is 2.80. The molecule has 0 saturated carbocycles. The predicted octanol–water partition coefficient (Wildman–Crippen LogP) is 4.14. The summed E-state index contributed by atoms with van der Waals surface area (Å²) in [5.41, 5.74) is 0.703. The van der Waals surface area contributed by atoms with Gasteiger partial charge in [-0.25, -0.2) is 0 Å². The molecule has 2 rings (SSSR count). The van der Waals surface area contributed by atoms with Gasteiger partial charge in [0.25, 0.3) is 5.91 Å². The van der Waals surface area contributed by atoms with Gasteiger partial charge in [-0.2, -0.15) is 0 Å². The zero-order chi connectivity index (χ0) is 14.4. The van der Waals surface area contributed by atoms with Crippen molar-refractivity contribution in [1.29, 1.82) is 0 Å². The summed E-state index contributed by atoms with van der Waals surface area (Å²) in [7, 11) is 0. The lowest BCUT2D eigenvalue weighted by Gasteiger charge is -2.17. The lowest BCUT2D eigenvalue weighted by atomic mass is 10.2. The van der Waals surface area contributed by atoms with Crippen molar-refractivity contribution in [3.05, 3.63) is 59.6 Å². The fraction of sp³-hybridized carbons (Fsp3) is 0.188. The second kappa shape index (κ2) is 6.96. The number of halogens is 1. The molecule has 20 heavy (non-hydrogen) atoms. The van der Waals surface area contributed by atoms with Crippen LogP contribution in [-0.4, -0.2) is 12.0 Å². The smallest absolute Gasteiger partial charge is 0.265 e. The summed E-state index contributed by atoms with van der Waals surface area (Å²) in [5.74, 6) is 0.518. The normalized spacial score (nSPS) is 11.7. The molecule has 2 aromatic carbocycles. The molecule has 0 aliphatic rings. The van der Waals surface area contributed by atoms with E-state index in [1.54, 1.807) is 24.3 Å². The maximum absolute atomic E-state index is 12.2. The van der Waals surface area contributed by atoms with Crippen LogP contribution in [0.15, 0.2) is 54.6 Å². The first-order valence-electron chi connectivity index (χ1n) is 6.47. The highest BCUT2D eigenvalue weighted by molar-refractivity contribution is 6.30. The summed E-state index contributed by atoms with van der Waals surface area (Å²) in [4.78, 5) is 12.2. The van der Waals surface area contributed by atoms with Crippen molar-refractivity contribution in [1.82, 2.24) is 0 Å². The summed E-state index contributed by atoms with van der Waals surface area (Å²) >= 11 is 5.81. The van der Waals surface area contributed by atoms with Crippen LogP contribution in [0.5, 0.6) is 5.75 Å². The van der Waals surface area contributed by atoms with Gasteiger partial charge in [-0.1, -0.05) is 36.7 Å². The van der Waals surface area contributed by atoms with Gasteiger partial charge in [-0.3, -0.25) is 4.79 Å². The van der Waals surface area contributed by atoms with Gasteiger partial charge < -0.3 is 10.1 Å². The molecule has 3 nitrogen and oxygen atoms in total. The molecule has 0 unspecified atom stereocenters. The number of hydrogen-bond acceptors (Lipinski definition) is 2. The summed E-state index contributed by atoms with van der Waals surface area (Å²) in [6.45, 7) is 1.91. The maximum Gasteiger partial charge on any atom is 0.265 e. The number of hydrogen-bond donors (Lipinski definition) is 1. The molecular formula is C16H16ClNO2.